The lowest BCUT2D eigenvalue weighted by Crippen LogP contribution is -2.29. The first-order chi connectivity index (χ1) is 27.8. The number of nitrogens with two attached hydrogens (primary N) is 1. The molecule has 0 aromatic rings. The minimum atomic E-state index is -4.39. The first-order valence-electron chi connectivity index (χ1n) is 23.1. The summed E-state index contributed by atoms with van der Waals surface area (Å²) in [6.45, 7) is 3.66. The number of allylic oxidation sites excluding steroid dienone is 8. The number of ether oxygens (including phenoxy) is 2. The van der Waals surface area contributed by atoms with Crippen LogP contribution in [-0.4, -0.2) is 49.3 Å². The fourth-order valence-electron chi connectivity index (χ4n) is 6.22. The largest absolute Gasteiger partial charge is 0.472 e. The standard InChI is InChI=1S/C47H86NO8P/c1-3-5-7-9-11-13-15-17-19-20-21-22-23-24-26-28-30-32-34-36-38-40-47(50)56-45(44-55-57(51,52)54-42-41-48)43-53-46(49)39-37-35-33-31-29-27-25-18-16-14-12-10-8-6-4-2/h12,14,17-19,25,29,31,45H,3-11,13,15-16,20-24,26-28,30,32-44,48H2,1-2H3,(H,51,52). The van der Waals surface area contributed by atoms with Crippen LogP contribution in [0.25, 0.3) is 0 Å². The van der Waals surface area contributed by atoms with E-state index in [0.29, 0.717) is 12.8 Å². The molecule has 0 aliphatic heterocycles. The summed E-state index contributed by atoms with van der Waals surface area (Å²) < 4.78 is 32.8. The molecule has 0 radical (unpaired) electrons. The van der Waals surface area contributed by atoms with Gasteiger partial charge in [-0.3, -0.25) is 18.6 Å². The van der Waals surface area contributed by atoms with Gasteiger partial charge in [0.25, 0.3) is 0 Å². The highest BCUT2D eigenvalue weighted by molar-refractivity contribution is 7.47. The molecule has 0 spiro atoms. The van der Waals surface area contributed by atoms with Crippen LogP contribution in [0.15, 0.2) is 48.6 Å². The second-order valence-corrected chi connectivity index (χ2v) is 16.7. The van der Waals surface area contributed by atoms with Gasteiger partial charge in [-0.1, -0.05) is 165 Å². The van der Waals surface area contributed by atoms with Crippen molar-refractivity contribution in [3.05, 3.63) is 48.6 Å². The zero-order valence-corrected chi connectivity index (χ0v) is 37.5. The summed E-state index contributed by atoms with van der Waals surface area (Å²) >= 11 is 0. The fourth-order valence-corrected chi connectivity index (χ4v) is 6.99. The van der Waals surface area contributed by atoms with E-state index in [2.05, 4.69) is 62.5 Å². The molecule has 57 heavy (non-hydrogen) atoms. The number of carbonyl (C=O) groups is 2. The summed E-state index contributed by atoms with van der Waals surface area (Å²) in [7, 11) is -4.39. The molecule has 0 saturated heterocycles. The van der Waals surface area contributed by atoms with Gasteiger partial charge in [0.05, 0.1) is 13.2 Å². The zero-order chi connectivity index (χ0) is 41.8. The van der Waals surface area contributed by atoms with E-state index in [4.69, 9.17) is 24.3 Å². The van der Waals surface area contributed by atoms with E-state index < -0.39 is 32.5 Å². The number of unbranched alkanes of at least 4 members (excludes halogenated alkanes) is 22. The molecule has 0 aromatic heterocycles. The van der Waals surface area contributed by atoms with Crippen LogP contribution >= 0.6 is 7.82 Å². The molecule has 0 aliphatic rings. The number of rotatable bonds is 43. The summed E-state index contributed by atoms with van der Waals surface area (Å²) in [4.78, 5) is 34.9. The van der Waals surface area contributed by atoms with Crippen molar-refractivity contribution in [3.8, 4) is 0 Å². The minimum absolute atomic E-state index is 0.0472. The van der Waals surface area contributed by atoms with Crippen LogP contribution in [0.2, 0.25) is 0 Å². The van der Waals surface area contributed by atoms with Crippen LogP contribution in [0, 0.1) is 0 Å². The van der Waals surface area contributed by atoms with E-state index >= 15 is 0 Å². The van der Waals surface area contributed by atoms with Gasteiger partial charge in [-0.2, -0.15) is 0 Å². The molecule has 9 nitrogen and oxygen atoms in total. The predicted octanol–water partition coefficient (Wildman–Crippen LogP) is 13.5. The zero-order valence-electron chi connectivity index (χ0n) is 36.6. The molecule has 0 fully saturated rings. The quantitative estimate of drug-likeness (QED) is 0.0267. The molecule has 10 heteroatoms. The van der Waals surface area contributed by atoms with Gasteiger partial charge in [0.15, 0.2) is 6.10 Å². The Balaban J connectivity index is 4.14. The normalized spacial score (nSPS) is 13.7. The highest BCUT2D eigenvalue weighted by atomic mass is 31.2. The molecule has 0 rings (SSSR count). The Morgan fingerprint density at radius 1 is 0.526 bits per heavy atom. The van der Waals surface area contributed by atoms with E-state index in [-0.39, 0.29) is 32.6 Å². The van der Waals surface area contributed by atoms with Crippen molar-refractivity contribution in [2.45, 2.75) is 213 Å². The van der Waals surface area contributed by atoms with Crippen molar-refractivity contribution < 1.29 is 37.6 Å². The first kappa shape index (κ1) is 55.0. The molecular formula is C47H86NO8P. The monoisotopic (exact) mass is 824 g/mol. The lowest BCUT2D eigenvalue weighted by Gasteiger charge is -2.19. The van der Waals surface area contributed by atoms with Crippen LogP contribution in [0.5, 0.6) is 0 Å². The molecule has 2 atom stereocenters. The highest BCUT2D eigenvalue weighted by Crippen LogP contribution is 2.43. The average Bonchev–Trinajstić information content (AvgIpc) is 3.20. The van der Waals surface area contributed by atoms with Crippen molar-refractivity contribution >= 4 is 19.8 Å². The molecule has 0 aromatic carbocycles. The van der Waals surface area contributed by atoms with E-state index in [1.807, 2.05) is 0 Å². The van der Waals surface area contributed by atoms with Crippen molar-refractivity contribution in [1.29, 1.82) is 0 Å². The van der Waals surface area contributed by atoms with E-state index in [1.54, 1.807) is 0 Å². The number of hydrogen-bond donors (Lipinski definition) is 2. The Morgan fingerprint density at radius 2 is 0.912 bits per heavy atom. The molecule has 0 saturated carbocycles. The topological polar surface area (TPSA) is 134 Å². The van der Waals surface area contributed by atoms with Gasteiger partial charge in [0.2, 0.25) is 0 Å². The van der Waals surface area contributed by atoms with Gasteiger partial charge in [0, 0.05) is 19.4 Å². The second kappa shape index (κ2) is 43.5. The molecule has 0 amide bonds. The number of phosphoric acid groups is 1. The molecular weight excluding hydrogens is 737 g/mol. The summed E-state index contributed by atoms with van der Waals surface area (Å²) in [6.07, 6.45) is 50.0. The molecule has 332 valence electrons. The molecule has 0 aliphatic carbocycles. The maximum Gasteiger partial charge on any atom is 0.472 e. The Labute approximate surface area is 349 Å². The van der Waals surface area contributed by atoms with Crippen LogP contribution in [0.3, 0.4) is 0 Å². The minimum Gasteiger partial charge on any atom is -0.462 e. The highest BCUT2D eigenvalue weighted by Gasteiger charge is 2.26. The van der Waals surface area contributed by atoms with Crippen molar-refractivity contribution in [3.63, 3.8) is 0 Å². The molecule has 3 N–H and O–H groups in total. The molecule has 0 heterocycles. The summed E-state index contributed by atoms with van der Waals surface area (Å²) in [5.41, 5.74) is 5.35. The van der Waals surface area contributed by atoms with Crippen LogP contribution in [0.1, 0.15) is 206 Å². The van der Waals surface area contributed by atoms with Crippen molar-refractivity contribution in [2.24, 2.45) is 5.73 Å². The van der Waals surface area contributed by atoms with E-state index in [0.717, 1.165) is 51.4 Å². The first-order valence-corrected chi connectivity index (χ1v) is 24.6. The maximum absolute atomic E-state index is 12.6. The van der Waals surface area contributed by atoms with E-state index in [1.165, 1.54) is 116 Å². The lowest BCUT2D eigenvalue weighted by molar-refractivity contribution is -0.161. The molecule has 0 bridgehead atoms. The fraction of sp³-hybridized carbons (Fsp3) is 0.787. The Hall–Kier alpha value is -2.03. The Bertz CT molecular complexity index is 1080. The average molecular weight is 824 g/mol. The van der Waals surface area contributed by atoms with Crippen molar-refractivity contribution in [1.82, 2.24) is 0 Å². The SMILES string of the molecule is CCCCCC=CCC=CCC=CCCCCC(=O)OCC(COP(=O)(O)OCCN)OC(=O)CCCCCCCCCCCCCC=CCCCCCCCC. The van der Waals surface area contributed by atoms with Gasteiger partial charge in [-0.05, 0) is 77.0 Å². The van der Waals surface area contributed by atoms with Gasteiger partial charge >= 0.3 is 19.8 Å². The predicted molar refractivity (Wildman–Crippen MR) is 238 cm³/mol. The third kappa shape index (κ3) is 43.4. The summed E-state index contributed by atoms with van der Waals surface area (Å²) in [5.74, 6) is -0.872. The number of hydrogen-bond acceptors (Lipinski definition) is 8. The second-order valence-electron chi connectivity index (χ2n) is 15.3. The number of phosphoric ester groups is 1. The van der Waals surface area contributed by atoms with Gasteiger partial charge < -0.3 is 20.1 Å². The summed E-state index contributed by atoms with van der Waals surface area (Å²) in [5, 5.41) is 0. The van der Waals surface area contributed by atoms with Crippen molar-refractivity contribution in [2.75, 3.05) is 26.4 Å². The van der Waals surface area contributed by atoms with Crippen LogP contribution in [-0.2, 0) is 32.7 Å². The van der Waals surface area contributed by atoms with Crippen LogP contribution < -0.4 is 5.73 Å². The Kier molecular flexibility index (Phi) is 42.0. The maximum atomic E-state index is 12.6. The van der Waals surface area contributed by atoms with Gasteiger partial charge in [-0.25, -0.2) is 4.57 Å². The summed E-state index contributed by atoms with van der Waals surface area (Å²) in [6, 6.07) is 0. The van der Waals surface area contributed by atoms with Crippen LogP contribution in [0.4, 0.5) is 0 Å². The third-order valence-electron chi connectivity index (χ3n) is 9.69. The van der Waals surface area contributed by atoms with E-state index in [9.17, 15) is 19.0 Å². The molecule has 2 unspecified atom stereocenters. The van der Waals surface area contributed by atoms with Gasteiger partial charge in [-0.15, -0.1) is 0 Å². The lowest BCUT2D eigenvalue weighted by atomic mass is 10.0. The Morgan fingerprint density at radius 3 is 1.44 bits per heavy atom. The number of esters is 2. The smallest absolute Gasteiger partial charge is 0.462 e. The van der Waals surface area contributed by atoms with Gasteiger partial charge in [0.1, 0.15) is 6.61 Å². The number of carbonyl (C=O) groups excluding carboxylic acids is 2. The third-order valence-corrected chi connectivity index (χ3v) is 10.7.